The predicted octanol–water partition coefficient (Wildman–Crippen LogP) is 8.41. The van der Waals surface area contributed by atoms with Gasteiger partial charge >= 0.3 is 6.11 Å². The minimum absolute atomic E-state index is 0.0478. The molecule has 1 aliphatic rings. The van der Waals surface area contributed by atoms with Crippen LogP contribution in [-0.2, 0) is 17.3 Å². The lowest BCUT2D eigenvalue weighted by Gasteiger charge is -2.29. The van der Waals surface area contributed by atoms with Gasteiger partial charge in [-0.1, -0.05) is 38.7 Å². The highest BCUT2D eigenvalue weighted by molar-refractivity contribution is 5.31. The van der Waals surface area contributed by atoms with Crippen LogP contribution in [-0.4, -0.2) is 6.61 Å². The van der Waals surface area contributed by atoms with E-state index in [1.54, 1.807) is 0 Å². The lowest BCUT2D eigenvalue weighted by molar-refractivity contribution is -0.251. The molecule has 0 amide bonds. The Morgan fingerprint density at radius 2 is 1.52 bits per heavy atom. The predicted molar refractivity (Wildman–Crippen MR) is 115 cm³/mol. The zero-order chi connectivity index (χ0) is 24.0. The molecule has 0 unspecified atom stereocenters. The smallest absolute Gasteiger partial charge is 0.316 e. The maximum absolute atomic E-state index is 14.6. The van der Waals surface area contributed by atoms with Crippen LogP contribution < -0.4 is 0 Å². The number of hydrogen-bond donors (Lipinski definition) is 0. The fourth-order valence-corrected chi connectivity index (χ4v) is 4.64. The summed E-state index contributed by atoms with van der Waals surface area (Å²) >= 11 is 0. The number of halogens is 6. The monoisotopic (exact) mass is 472 g/mol. The molecule has 0 radical (unpaired) electrons. The maximum Gasteiger partial charge on any atom is 0.389 e. The third-order valence-corrected chi connectivity index (χ3v) is 6.55. The van der Waals surface area contributed by atoms with E-state index in [0.29, 0.717) is 11.5 Å². The first-order valence-electron chi connectivity index (χ1n) is 11.7. The van der Waals surface area contributed by atoms with Crippen molar-refractivity contribution < 1.29 is 31.1 Å². The Balaban J connectivity index is 1.61. The van der Waals surface area contributed by atoms with Crippen molar-refractivity contribution in [3.05, 3.63) is 70.3 Å². The summed E-state index contributed by atoms with van der Waals surface area (Å²) in [5.41, 5.74) is -0.797. The summed E-state index contributed by atoms with van der Waals surface area (Å²) in [5.74, 6) is -4.27. The van der Waals surface area contributed by atoms with Crippen LogP contribution in [0.4, 0.5) is 26.3 Å². The summed E-state index contributed by atoms with van der Waals surface area (Å²) in [7, 11) is 0. The van der Waals surface area contributed by atoms with Gasteiger partial charge in [-0.3, -0.25) is 0 Å². The SMILES string of the molecule is CCCCC[C@H]1CC[C@H](c2cc(F)c(C(F)(F)OCCc3ccc(F)c(F)c3)c(F)c2)CC1. The average Bonchev–Trinajstić information content (AvgIpc) is 2.76. The first-order valence-corrected chi connectivity index (χ1v) is 11.7. The number of ether oxygens (including phenoxy) is 1. The Bertz CT molecular complexity index is 898. The van der Waals surface area contributed by atoms with Gasteiger partial charge in [-0.05, 0) is 79.3 Å². The van der Waals surface area contributed by atoms with Gasteiger partial charge in [0.1, 0.15) is 17.2 Å². The minimum Gasteiger partial charge on any atom is -0.316 e. The summed E-state index contributed by atoms with van der Waals surface area (Å²) in [6, 6.07) is 4.96. The van der Waals surface area contributed by atoms with Crippen LogP contribution in [0.15, 0.2) is 30.3 Å². The number of alkyl halides is 2. The Kier molecular flexibility index (Phi) is 8.85. The molecular formula is C26H30F6O. The van der Waals surface area contributed by atoms with Gasteiger partial charge in [0.15, 0.2) is 11.6 Å². The molecule has 1 saturated carbocycles. The molecule has 2 aromatic carbocycles. The van der Waals surface area contributed by atoms with E-state index in [1.807, 2.05) is 0 Å². The summed E-state index contributed by atoms with van der Waals surface area (Å²) in [4.78, 5) is 0. The first kappa shape index (κ1) is 25.6. The zero-order valence-corrected chi connectivity index (χ0v) is 18.8. The standard InChI is InChI=1S/C26H30F6O/c1-2-3-4-5-17-6-9-19(10-7-17)20-15-23(29)25(24(30)16-20)26(31,32)33-13-12-18-8-11-21(27)22(28)14-18/h8,11,14-17,19H,2-7,9-10,12-13H2,1H3/t17-,19-. The van der Waals surface area contributed by atoms with Crippen molar-refractivity contribution >= 4 is 0 Å². The highest BCUT2D eigenvalue weighted by Gasteiger charge is 2.40. The van der Waals surface area contributed by atoms with Crippen LogP contribution in [0.5, 0.6) is 0 Å². The van der Waals surface area contributed by atoms with Gasteiger partial charge in [-0.2, -0.15) is 8.78 Å². The molecule has 0 bridgehead atoms. The summed E-state index contributed by atoms with van der Waals surface area (Å²) in [6.07, 6.45) is 3.88. The second-order valence-electron chi connectivity index (χ2n) is 8.94. The number of benzene rings is 2. The van der Waals surface area contributed by atoms with Crippen molar-refractivity contribution in [3.8, 4) is 0 Å². The second kappa shape index (κ2) is 11.4. The number of unbranched alkanes of at least 4 members (excludes halogenated alkanes) is 2. The molecule has 7 heteroatoms. The highest BCUT2D eigenvalue weighted by atomic mass is 19.3. The molecule has 0 heterocycles. The van der Waals surface area contributed by atoms with Crippen LogP contribution in [0, 0.1) is 29.2 Å². The molecule has 0 saturated heterocycles. The van der Waals surface area contributed by atoms with Crippen molar-refractivity contribution in [3.63, 3.8) is 0 Å². The van der Waals surface area contributed by atoms with E-state index in [1.165, 1.54) is 25.3 Å². The van der Waals surface area contributed by atoms with Crippen LogP contribution in [0.1, 0.15) is 80.9 Å². The number of rotatable bonds is 10. The van der Waals surface area contributed by atoms with Gasteiger partial charge in [0, 0.05) is 0 Å². The van der Waals surface area contributed by atoms with Gasteiger partial charge in [0.25, 0.3) is 0 Å². The summed E-state index contributed by atoms with van der Waals surface area (Å²) in [6.45, 7) is 1.53. The first-order chi connectivity index (χ1) is 15.7. The molecule has 0 aliphatic heterocycles. The fraction of sp³-hybridized carbons (Fsp3) is 0.538. The van der Waals surface area contributed by atoms with Gasteiger partial charge in [0.05, 0.1) is 6.61 Å². The molecular weight excluding hydrogens is 442 g/mol. The van der Waals surface area contributed by atoms with Crippen molar-refractivity contribution in [1.82, 2.24) is 0 Å². The quantitative estimate of drug-likeness (QED) is 0.249. The second-order valence-corrected chi connectivity index (χ2v) is 8.94. The molecule has 0 N–H and O–H groups in total. The topological polar surface area (TPSA) is 9.23 Å². The van der Waals surface area contributed by atoms with E-state index in [4.69, 9.17) is 0 Å². The largest absolute Gasteiger partial charge is 0.389 e. The van der Waals surface area contributed by atoms with Crippen LogP contribution >= 0.6 is 0 Å². The van der Waals surface area contributed by atoms with Crippen molar-refractivity contribution in [2.24, 2.45) is 5.92 Å². The highest BCUT2D eigenvalue weighted by Crippen LogP contribution is 2.40. The average molecular weight is 473 g/mol. The Labute approximate surface area is 191 Å². The molecule has 1 nitrogen and oxygen atoms in total. The van der Waals surface area contributed by atoms with E-state index in [0.717, 1.165) is 56.4 Å². The summed E-state index contributed by atoms with van der Waals surface area (Å²) in [5, 5.41) is 0. The normalized spacial score (nSPS) is 19.1. The number of hydrogen-bond acceptors (Lipinski definition) is 1. The van der Waals surface area contributed by atoms with E-state index in [2.05, 4.69) is 11.7 Å². The van der Waals surface area contributed by atoms with Gasteiger partial charge in [-0.25, -0.2) is 17.6 Å². The third kappa shape index (κ3) is 6.75. The Hall–Kier alpha value is -2.02. The van der Waals surface area contributed by atoms with Crippen LogP contribution in [0.2, 0.25) is 0 Å². The van der Waals surface area contributed by atoms with Crippen LogP contribution in [0.25, 0.3) is 0 Å². The zero-order valence-electron chi connectivity index (χ0n) is 18.8. The molecule has 0 spiro atoms. The molecule has 1 aliphatic carbocycles. The van der Waals surface area contributed by atoms with Gasteiger partial charge < -0.3 is 4.74 Å². The molecule has 1 fully saturated rings. The summed E-state index contributed by atoms with van der Waals surface area (Å²) < 4.78 is 88.8. The molecule has 0 aromatic heterocycles. The van der Waals surface area contributed by atoms with Crippen molar-refractivity contribution in [2.75, 3.05) is 6.61 Å². The van der Waals surface area contributed by atoms with Crippen molar-refractivity contribution in [1.29, 1.82) is 0 Å². The van der Waals surface area contributed by atoms with Crippen LogP contribution in [0.3, 0.4) is 0 Å². The fourth-order valence-electron chi connectivity index (χ4n) is 4.64. The lowest BCUT2D eigenvalue weighted by Crippen LogP contribution is -2.24. The minimum atomic E-state index is -4.19. The van der Waals surface area contributed by atoms with E-state index >= 15 is 0 Å². The van der Waals surface area contributed by atoms with Gasteiger partial charge in [0.2, 0.25) is 0 Å². The van der Waals surface area contributed by atoms with E-state index < -0.39 is 41.5 Å². The molecule has 3 rings (SSSR count). The van der Waals surface area contributed by atoms with E-state index in [9.17, 15) is 26.3 Å². The third-order valence-electron chi connectivity index (χ3n) is 6.55. The molecule has 33 heavy (non-hydrogen) atoms. The maximum atomic E-state index is 14.6. The Morgan fingerprint density at radius 3 is 2.12 bits per heavy atom. The molecule has 182 valence electrons. The van der Waals surface area contributed by atoms with Gasteiger partial charge in [-0.15, -0.1) is 0 Å². The molecule has 0 atom stereocenters. The Morgan fingerprint density at radius 1 is 0.848 bits per heavy atom. The van der Waals surface area contributed by atoms with E-state index in [-0.39, 0.29) is 17.9 Å². The lowest BCUT2D eigenvalue weighted by atomic mass is 9.77. The molecule has 2 aromatic rings. The van der Waals surface area contributed by atoms with Crippen molar-refractivity contribution in [2.45, 2.75) is 76.7 Å².